The molecular formula is C14H20N2O5. The molecule has 0 radical (unpaired) electrons. The van der Waals surface area contributed by atoms with E-state index in [0.717, 1.165) is 5.56 Å². The number of hydrogen-bond acceptors (Lipinski definition) is 4. The van der Waals surface area contributed by atoms with Crippen LogP contribution in [0.4, 0.5) is 4.79 Å². The number of amides is 2. The SMILES string of the molecule is O=C(O)C(Cc1ccccc1)NC(=O)N(CCO)CCO. The molecule has 0 aliphatic rings. The van der Waals surface area contributed by atoms with Crippen LogP contribution in [0.25, 0.3) is 0 Å². The number of hydrogen-bond donors (Lipinski definition) is 4. The first-order valence-electron chi connectivity index (χ1n) is 6.62. The lowest BCUT2D eigenvalue weighted by molar-refractivity contribution is -0.139. The second kappa shape index (κ2) is 8.93. The zero-order valence-electron chi connectivity index (χ0n) is 11.6. The van der Waals surface area contributed by atoms with E-state index in [1.54, 1.807) is 24.3 Å². The molecule has 0 aromatic heterocycles. The molecule has 0 heterocycles. The van der Waals surface area contributed by atoms with E-state index < -0.39 is 18.0 Å². The van der Waals surface area contributed by atoms with Crippen molar-refractivity contribution in [1.29, 1.82) is 0 Å². The lowest BCUT2D eigenvalue weighted by atomic mass is 10.1. The number of urea groups is 1. The topological polar surface area (TPSA) is 110 Å². The number of carbonyl (C=O) groups is 2. The van der Waals surface area contributed by atoms with Gasteiger partial charge in [-0.1, -0.05) is 30.3 Å². The molecule has 1 rings (SSSR count). The van der Waals surface area contributed by atoms with Crippen molar-refractivity contribution >= 4 is 12.0 Å². The van der Waals surface area contributed by atoms with Crippen molar-refractivity contribution in [3.8, 4) is 0 Å². The van der Waals surface area contributed by atoms with Crippen LogP contribution in [0.3, 0.4) is 0 Å². The molecule has 7 nitrogen and oxygen atoms in total. The molecule has 0 aliphatic heterocycles. The summed E-state index contributed by atoms with van der Waals surface area (Å²) in [6.45, 7) is -0.457. The molecular weight excluding hydrogens is 276 g/mol. The number of nitrogens with zero attached hydrogens (tertiary/aromatic N) is 1. The van der Waals surface area contributed by atoms with Crippen LogP contribution in [-0.4, -0.2) is 64.6 Å². The van der Waals surface area contributed by atoms with Crippen LogP contribution in [0.5, 0.6) is 0 Å². The standard InChI is InChI=1S/C14H20N2O5/c17-8-6-16(7-9-18)14(21)15-12(13(19)20)10-11-4-2-1-3-5-11/h1-5,12,17-18H,6-10H2,(H,15,21)(H,19,20). The Hall–Kier alpha value is -2.12. The second-order valence-electron chi connectivity index (χ2n) is 4.46. The number of benzene rings is 1. The van der Waals surface area contributed by atoms with Gasteiger partial charge in [0, 0.05) is 19.5 Å². The van der Waals surface area contributed by atoms with Crippen LogP contribution in [0, 0.1) is 0 Å². The van der Waals surface area contributed by atoms with E-state index in [2.05, 4.69) is 5.32 Å². The van der Waals surface area contributed by atoms with Gasteiger partial charge in [0.2, 0.25) is 0 Å². The predicted octanol–water partition coefficient (Wildman–Crippen LogP) is -0.321. The maximum atomic E-state index is 12.0. The van der Waals surface area contributed by atoms with Gasteiger partial charge in [-0.05, 0) is 5.56 Å². The Kier molecular flexibility index (Phi) is 7.20. The highest BCUT2D eigenvalue weighted by Crippen LogP contribution is 2.04. The van der Waals surface area contributed by atoms with E-state index in [4.69, 9.17) is 10.2 Å². The van der Waals surface area contributed by atoms with E-state index in [9.17, 15) is 14.7 Å². The van der Waals surface area contributed by atoms with Gasteiger partial charge in [0.25, 0.3) is 0 Å². The molecule has 4 N–H and O–H groups in total. The molecule has 0 spiro atoms. The summed E-state index contributed by atoms with van der Waals surface area (Å²) in [4.78, 5) is 24.4. The van der Waals surface area contributed by atoms with Gasteiger partial charge < -0.3 is 25.5 Å². The minimum Gasteiger partial charge on any atom is -0.480 e. The van der Waals surface area contributed by atoms with Gasteiger partial charge in [-0.25, -0.2) is 9.59 Å². The minimum atomic E-state index is -1.14. The van der Waals surface area contributed by atoms with E-state index in [0.29, 0.717) is 0 Å². The van der Waals surface area contributed by atoms with Crippen LogP contribution in [0.15, 0.2) is 30.3 Å². The van der Waals surface area contributed by atoms with Gasteiger partial charge in [-0.15, -0.1) is 0 Å². The number of aliphatic hydroxyl groups excluding tert-OH is 2. The summed E-state index contributed by atoms with van der Waals surface area (Å²) < 4.78 is 0. The average Bonchev–Trinajstić information content (AvgIpc) is 2.47. The average molecular weight is 296 g/mol. The maximum absolute atomic E-state index is 12.0. The Labute approximate surface area is 122 Å². The van der Waals surface area contributed by atoms with Gasteiger partial charge in [0.15, 0.2) is 0 Å². The number of carbonyl (C=O) groups excluding carboxylic acids is 1. The zero-order valence-corrected chi connectivity index (χ0v) is 11.6. The largest absolute Gasteiger partial charge is 0.480 e. The van der Waals surface area contributed by atoms with Crippen molar-refractivity contribution in [2.24, 2.45) is 0 Å². The molecule has 0 saturated carbocycles. The first kappa shape index (κ1) is 16.9. The van der Waals surface area contributed by atoms with Gasteiger partial charge in [-0.3, -0.25) is 0 Å². The van der Waals surface area contributed by atoms with Crippen molar-refractivity contribution in [2.75, 3.05) is 26.3 Å². The Morgan fingerprint density at radius 1 is 1.10 bits per heavy atom. The van der Waals surface area contributed by atoms with Crippen molar-refractivity contribution in [3.05, 3.63) is 35.9 Å². The van der Waals surface area contributed by atoms with Gasteiger partial charge >= 0.3 is 12.0 Å². The predicted molar refractivity (Wildman–Crippen MR) is 75.8 cm³/mol. The van der Waals surface area contributed by atoms with Crippen LogP contribution >= 0.6 is 0 Å². The molecule has 1 unspecified atom stereocenters. The summed E-state index contributed by atoms with van der Waals surface area (Å²) in [5, 5.41) is 29.3. The highest BCUT2D eigenvalue weighted by Gasteiger charge is 2.23. The summed E-state index contributed by atoms with van der Waals surface area (Å²) in [5.41, 5.74) is 0.793. The number of nitrogens with one attached hydrogen (secondary N) is 1. The zero-order chi connectivity index (χ0) is 15.7. The highest BCUT2D eigenvalue weighted by atomic mass is 16.4. The molecule has 0 saturated heterocycles. The molecule has 21 heavy (non-hydrogen) atoms. The number of carboxylic acid groups (broad SMARTS) is 1. The molecule has 116 valence electrons. The third kappa shape index (κ3) is 5.80. The fourth-order valence-electron chi connectivity index (χ4n) is 1.85. The Bertz CT molecular complexity index is 446. The molecule has 1 atom stereocenters. The van der Waals surface area contributed by atoms with Crippen molar-refractivity contribution in [1.82, 2.24) is 10.2 Å². The smallest absolute Gasteiger partial charge is 0.326 e. The van der Waals surface area contributed by atoms with E-state index >= 15 is 0 Å². The summed E-state index contributed by atoms with van der Waals surface area (Å²) >= 11 is 0. The van der Waals surface area contributed by atoms with Crippen LogP contribution in [0.2, 0.25) is 0 Å². The van der Waals surface area contributed by atoms with Gasteiger partial charge in [0.1, 0.15) is 6.04 Å². The number of carboxylic acids is 1. The Morgan fingerprint density at radius 2 is 1.67 bits per heavy atom. The van der Waals surface area contributed by atoms with Gasteiger partial charge in [-0.2, -0.15) is 0 Å². The molecule has 2 amide bonds. The fourth-order valence-corrected chi connectivity index (χ4v) is 1.85. The lowest BCUT2D eigenvalue weighted by Gasteiger charge is -2.23. The van der Waals surface area contributed by atoms with Crippen molar-refractivity contribution < 1.29 is 24.9 Å². The molecule has 1 aromatic carbocycles. The van der Waals surface area contributed by atoms with Crippen molar-refractivity contribution in [3.63, 3.8) is 0 Å². The van der Waals surface area contributed by atoms with E-state index in [1.807, 2.05) is 6.07 Å². The van der Waals surface area contributed by atoms with E-state index in [1.165, 1.54) is 4.90 Å². The maximum Gasteiger partial charge on any atom is 0.326 e. The Balaban J connectivity index is 2.69. The quantitative estimate of drug-likeness (QED) is 0.525. The number of aliphatic hydroxyl groups is 2. The second-order valence-corrected chi connectivity index (χ2v) is 4.46. The monoisotopic (exact) mass is 296 g/mol. The normalized spacial score (nSPS) is 11.7. The molecule has 0 bridgehead atoms. The van der Waals surface area contributed by atoms with Crippen LogP contribution in [-0.2, 0) is 11.2 Å². The molecule has 1 aromatic rings. The van der Waals surface area contributed by atoms with Gasteiger partial charge in [0.05, 0.1) is 13.2 Å². The molecule has 7 heteroatoms. The highest BCUT2D eigenvalue weighted by molar-refractivity contribution is 5.82. The third-order valence-corrected chi connectivity index (χ3v) is 2.91. The minimum absolute atomic E-state index is 0.0318. The third-order valence-electron chi connectivity index (χ3n) is 2.91. The number of rotatable bonds is 8. The first-order valence-corrected chi connectivity index (χ1v) is 6.62. The molecule has 0 aliphatic carbocycles. The number of aliphatic carboxylic acids is 1. The summed E-state index contributed by atoms with van der Waals surface area (Å²) in [6.07, 6.45) is 0.161. The lowest BCUT2D eigenvalue weighted by Crippen LogP contribution is -2.50. The summed E-state index contributed by atoms with van der Waals surface area (Å²) in [6, 6.07) is 7.27. The van der Waals surface area contributed by atoms with Crippen molar-refractivity contribution in [2.45, 2.75) is 12.5 Å². The first-order chi connectivity index (χ1) is 10.1. The summed E-state index contributed by atoms with van der Waals surface area (Å²) in [7, 11) is 0. The summed E-state index contributed by atoms with van der Waals surface area (Å²) in [5.74, 6) is -1.14. The fraction of sp³-hybridized carbons (Fsp3) is 0.429. The van der Waals surface area contributed by atoms with E-state index in [-0.39, 0.29) is 32.7 Å². The molecule has 0 fully saturated rings. The van der Waals surface area contributed by atoms with Crippen LogP contribution < -0.4 is 5.32 Å². The van der Waals surface area contributed by atoms with Crippen LogP contribution in [0.1, 0.15) is 5.56 Å². The Morgan fingerprint density at radius 3 is 2.14 bits per heavy atom.